The van der Waals surface area contributed by atoms with Crippen molar-refractivity contribution < 1.29 is 8.42 Å². The Morgan fingerprint density at radius 1 is 1.43 bits per heavy atom. The number of nitrogens with zero attached hydrogens (tertiary/aromatic N) is 2. The average molecular weight is 216 g/mol. The van der Waals surface area contributed by atoms with Gasteiger partial charge in [-0.1, -0.05) is 0 Å². The van der Waals surface area contributed by atoms with E-state index >= 15 is 0 Å². The first-order valence-electron chi connectivity index (χ1n) is 4.64. The van der Waals surface area contributed by atoms with Crippen molar-refractivity contribution in [3.8, 4) is 0 Å². The SMILES string of the molecule is Cc1cnn(CCCCS(C)(=O)=O)c1. The van der Waals surface area contributed by atoms with Gasteiger partial charge in [0, 0.05) is 24.8 Å². The maximum Gasteiger partial charge on any atom is 0.147 e. The van der Waals surface area contributed by atoms with E-state index in [2.05, 4.69) is 5.10 Å². The molecule has 0 spiro atoms. The van der Waals surface area contributed by atoms with E-state index in [1.165, 1.54) is 6.26 Å². The van der Waals surface area contributed by atoms with Crippen LogP contribution in [0.1, 0.15) is 18.4 Å². The molecule has 80 valence electrons. The van der Waals surface area contributed by atoms with Crippen LogP contribution in [0.25, 0.3) is 0 Å². The minimum Gasteiger partial charge on any atom is -0.272 e. The summed E-state index contributed by atoms with van der Waals surface area (Å²) in [7, 11) is -2.80. The summed E-state index contributed by atoms with van der Waals surface area (Å²) >= 11 is 0. The lowest BCUT2D eigenvalue weighted by molar-refractivity contribution is 0.562. The van der Waals surface area contributed by atoms with E-state index in [1.54, 1.807) is 6.20 Å². The maximum atomic E-state index is 10.8. The molecule has 0 aliphatic rings. The average Bonchev–Trinajstić information content (AvgIpc) is 2.44. The van der Waals surface area contributed by atoms with Gasteiger partial charge in [-0.3, -0.25) is 4.68 Å². The van der Waals surface area contributed by atoms with Crippen LogP contribution < -0.4 is 0 Å². The lowest BCUT2D eigenvalue weighted by Crippen LogP contribution is -2.05. The van der Waals surface area contributed by atoms with Crippen molar-refractivity contribution in [2.45, 2.75) is 26.3 Å². The molecule has 1 aromatic heterocycles. The molecule has 0 amide bonds. The van der Waals surface area contributed by atoms with E-state index in [0.717, 1.165) is 18.5 Å². The highest BCUT2D eigenvalue weighted by molar-refractivity contribution is 7.90. The third kappa shape index (κ3) is 4.41. The highest BCUT2D eigenvalue weighted by atomic mass is 32.2. The summed E-state index contributed by atoms with van der Waals surface area (Å²) in [6, 6.07) is 0. The first-order valence-corrected chi connectivity index (χ1v) is 6.70. The quantitative estimate of drug-likeness (QED) is 0.690. The Balaban J connectivity index is 2.23. The van der Waals surface area contributed by atoms with Crippen LogP contribution in [-0.4, -0.2) is 30.2 Å². The molecule has 1 heterocycles. The Morgan fingerprint density at radius 3 is 2.64 bits per heavy atom. The highest BCUT2D eigenvalue weighted by Crippen LogP contribution is 1.99. The fourth-order valence-corrected chi connectivity index (χ4v) is 1.96. The second kappa shape index (κ2) is 4.59. The van der Waals surface area contributed by atoms with Crippen molar-refractivity contribution in [3.05, 3.63) is 18.0 Å². The molecule has 0 aromatic carbocycles. The second-order valence-electron chi connectivity index (χ2n) is 3.62. The maximum absolute atomic E-state index is 10.8. The summed E-state index contributed by atoms with van der Waals surface area (Å²) in [6.45, 7) is 2.78. The van der Waals surface area contributed by atoms with Gasteiger partial charge in [0.1, 0.15) is 9.84 Å². The molecule has 0 bridgehead atoms. The normalized spacial score (nSPS) is 11.9. The monoisotopic (exact) mass is 216 g/mol. The molecule has 1 aromatic rings. The first-order chi connectivity index (χ1) is 6.47. The Labute approximate surface area is 84.9 Å². The smallest absolute Gasteiger partial charge is 0.147 e. The van der Waals surface area contributed by atoms with Crippen LogP contribution in [0.5, 0.6) is 0 Å². The molecule has 0 radical (unpaired) electrons. The topological polar surface area (TPSA) is 52.0 Å². The molecule has 0 fully saturated rings. The zero-order valence-corrected chi connectivity index (χ0v) is 9.42. The summed E-state index contributed by atoms with van der Waals surface area (Å²) in [5.74, 6) is 0.271. The third-order valence-corrected chi connectivity index (χ3v) is 2.94. The predicted molar refractivity (Wildman–Crippen MR) is 55.9 cm³/mol. The van der Waals surface area contributed by atoms with E-state index in [0.29, 0.717) is 6.42 Å². The van der Waals surface area contributed by atoms with Gasteiger partial charge >= 0.3 is 0 Å². The Bertz CT molecular complexity index is 381. The van der Waals surface area contributed by atoms with Crippen LogP contribution in [0.4, 0.5) is 0 Å². The summed E-state index contributed by atoms with van der Waals surface area (Å²) in [5, 5.41) is 4.12. The van der Waals surface area contributed by atoms with Gasteiger partial charge < -0.3 is 0 Å². The van der Waals surface area contributed by atoms with Gasteiger partial charge in [0.25, 0.3) is 0 Å². The van der Waals surface area contributed by atoms with Gasteiger partial charge in [-0.25, -0.2) is 8.42 Å². The number of aromatic nitrogens is 2. The van der Waals surface area contributed by atoms with Crippen molar-refractivity contribution >= 4 is 9.84 Å². The Hall–Kier alpha value is -0.840. The molecule has 0 atom stereocenters. The summed E-state index contributed by atoms with van der Waals surface area (Å²) in [6.07, 6.45) is 6.59. The lowest BCUT2D eigenvalue weighted by atomic mass is 10.3. The van der Waals surface area contributed by atoms with Crippen molar-refractivity contribution in [1.29, 1.82) is 0 Å². The van der Waals surface area contributed by atoms with Crippen molar-refractivity contribution in [3.63, 3.8) is 0 Å². The molecule has 5 heteroatoms. The van der Waals surface area contributed by atoms with Crippen LogP contribution in [0.3, 0.4) is 0 Å². The van der Waals surface area contributed by atoms with Crippen LogP contribution >= 0.6 is 0 Å². The van der Waals surface area contributed by atoms with Crippen molar-refractivity contribution in [1.82, 2.24) is 9.78 Å². The highest BCUT2D eigenvalue weighted by Gasteiger charge is 2.01. The number of sulfone groups is 1. The minimum atomic E-state index is -2.80. The summed E-state index contributed by atoms with van der Waals surface area (Å²) in [4.78, 5) is 0. The van der Waals surface area contributed by atoms with E-state index in [9.17, 15) is 8.42 Å². The zero-order chi connectivity index (χ0) is 10.6. The fraction of sp³-hybridized carbons (Fsp3) is 0.667. The van der Waals surface area contributed by atoms with E-state index in [1.807, 2.05) is 17.8 Å². The molecule has 14 heavy (non-hydrogen) atoms. The molecule has 0 unspecified atom stereocenters. The van der Waals surface area contributed by atoms with Gasteiger partial charge in [0.15, 0.2) is 0 Å². The standard InChI is InChI=1S/C9H16N2O2S/c1-9-7-10-11(8-9)5-3-4-6-14(2,12)13/h7-8H,3-6H2,1-2H3. The molecule has 4 nitrogen and oxygen atoms in total. The van der Waals surface area contributed by atoms with E-state index < -0.39 is 9.84 Å². The largest absolute Gasteiger partial charge is 0.272 e. The molecule has 0 aliphatic heterocycles. The molecule has 1 rings (SSSR count). The van der Waals surface area contributed by atoms with Crippen LogP contribution in [-0.2, 0) is 16.4 Å². The lowest BCUT2D eigenvalue weighted by Gasteiger charge is -2.00. The van der Waals surface area contributed by atoms with Crippen LogP contribution in [0.15, 0.2) is 12.4 Å². The fourth-order valence-electron chi connectivity index (χ4n) is 1.23. The van der Waals surface area contributed by atoms with Gasteiger partial charge in [-0.15, -0.1) is 0 Å². The number of rotatable bonds is 5. The summed E-state index contributed by atoms with van der Waals surface area (Å²) in [5.41, 5.74) is 1.13. The zero-order valence-electron chi connectivity index (χ0n) is 8.60. The van der Waals surface area contributed by atoms with Crippen molar-refractivity contribution in [2.75, 3.05) is 12.0 Å². The second-order valence-corrected chi connectivity index (χ2v) is 5.88. The van der Waals surface area contributed by atoms with Crippen LogP contribution in [0.2, 0.25) is 0 Å². The van der Waals surface area contributed by atoms with Gasteiger partial charge in [-0.2, -0.15) is 5.10 Å². The number of hydrogen-bond donors (Lipinski definition) is 0. The number of hydrogen-bond acceptors (Lipinski definition) is 3. The van der Waals surface area contributed by atoms with E-state index in [4.69, 9.17) is 0 Å². The summed E-state index contributed by atoms with van der Waals surface area (Å²) < 4.78 is 23.5. The van der Waals surface area contributed by atoms with E-state index in [-0.39, 0.29) is 5.75 Å². The van der Waals surface area contributed by atoms with Gasteiger partial charge in [0.05, 0.1) is 6.20 Å². The van der Waals surface area contributed by atoms with Gasteiger partial charge in [-0.05, 0) is 25.3 Å². The molecule has 0 N–H and O–H groups in total. The molecular formula is C9H16N2O2S. The molecule has 0 saturated carbocycles. The van der Waals surface area contributed by atoms with Gasteiger partial charge in [0.2, 0.25) is 0 Å². The predicted octanol–water partition coefficient (Wildman–Crippen LogP) is 1.02. The van der Waals surface area contributed by atoms with Crippen molar-refractivity contribution in [2.24, 2.45) is 0 Å². The third-order valence-electron chi connectivity index (χ3n) is 1.91. The molecule has 0 saturated heterocycles. The number of aryl methyl sites for hydroxylation is 2. The Morgan fingerprint density at radius 2 is 2.14 bits per heavy atom. The minimum absolute atomic E-state index is 0.271. The van der Waals surface area contributed by atoms with Crippen LogP contribution in [0, 0.1) is 6.92 Å². The Kier molecular flexibility index (Phi) is 3.69. The number of unbranched alkanes of at least 4 members (excludes halogenated alkanes) is 1. The molecular weight excluding hydrogens is 200 g/mol. The molecule has 0 aliphatic carbocycles. The first kappa shape index (κ1) is 11.2.